The van der Waals surface area contributed by atoms with Crippen molar-refractivity contribution in [2.45, 2.75) is 52.6 Å². The molecule has 35 heavy (non-hydrogen) atoms. The second-order valence-corrected chi connectivity index (χ2v) is 11.1. The van der Waals surface area contributed by atoms with Gasteiger partial charge in [0.2, 0.25) is 21.8 Å². The number of amides is 2. The van der Waals surface area contributed by atoms with Crippen LogP contribution >= 0.6 is 23.2 Å². The number of carbonyl (C=O) groups is 2. The van der Waals surface area contributed by atoms with Gasteiger partial charge in [-0.3, -0.25) is 13.9 Å². The van der Waals surface area contributed by atoms with Gasteiger partial charge in [0.1, 0.15) is 12.6 Å². The molecule has 0 radical (unpaired) electrons. The Balaban J connectivity index is 2.45. The molecular weight excluding hydrogens is 509 g/mol. The summed E-state index contributed by atoms with van der Waals surface area (Å²) in [6.45, 7) is 5.68. The van der Waals surface area contributed by atoms with Crippen molar-refractivity contribution in [1.82, 2.24) is 10.2 Å². The molecule has 0 fully saturated rings. The number of rotatable bonds is 12. The number of nitrogens with zero attached hydrogens (tertiary/aromatic N) is 2. The number of benzene rings is 2. The van der Waals surface area contributed by atoms with Crippen molar-refractivity contribution < 1.29 is 18.0 Å². The molecule has 192 valence electrons. The Morgan fingerprint density at radius 2 is 1.63 bits per heavy atom. The average Bonchev–Trinajstić information content (AvgIpc) is 2.79. The van der Waals surface area contributed by atoms with E-state index in [4.69, 9.17) is 23.2 Å². The van der Waals surface area contributed by atoms with Crippen LogP contribution in [0.5, 0.6) is 0 Å². The van der Waals surface area contributed by atoms with Gasteiger partial charge in [0, 0.05) is 28.7 Å². The number of carbonyl (C=O) groups excluding carboxylic acids is 2. The standard InChI is InChI=1S/C25H33Cl2N3O4S/c1-5-7-15-28-25(32)23(6-2)29(16-20-21(26)9-8-10-22(20)27)24(31)17-30(35(4,33)34)19-13-11-18(3)12-14-19/h8-14,23H,5-7,15-17H2,1-4H3,(H,28,32)/t23-/m1/s1. The predicted molar refractivity (Wildman–Crippen MR) is 142 cm³/mol. The summed E-state index contributed by atoms with van der Waals surface area (Å²) in [5, 5.41) is 3.59. The molecule has 0 saturated heterocycles. The van der Waals surface area contributed by atoms with Crippen LogP contribution in [-0.4, -0.2) is 50.5 Å². The molecule has 0 unspecified atom stereocenters. The van der Waals surface area contributed by atoms with Gasteiger partial charge in [-0.2, -0.15) is 0 Å². The van der Waals surface area contributed by atoms with E-state index in [1.165, 1.54) is 4.90 Å². The zero-order chi connectivity index (χ0) is 26.2. The van der Waals surface area contributed by atoms with E-state index in [9.17, 15) is 18.0 Å². The minimum atomic E-state index is -3.79. The molecule has 0 aliphatic rings. The number of hydrogen-bond donors (Lipinski definition) is 1. The monoisotopic (exact) mass is 541 g/mol. The summed E-state index contributed by atoms with van der Waals surface area (Å²) in [6, 6.07) is 11.0. The average molecular weight is 543 g/mol. The van der Waals surface area contributed by atoms with Crippen LogP contribution in [0.25, 0.3) is 0 Å². The minimum Gasteiger partial charge on any atom is -0.354 e. The maximum Gasteiger partial charge on any atom is 0.244 e. The van der Waals surface area contributed by atoms with Gasteiger partial charge in [-0.25, -0.2) is 8.42 Å². The predicted octanol–water partition coefficient (Wildman–Crippen LogP) is 4.79. The molecule has 0 spiro atoms. The summed E-state index contributed by atoms with van der Waals surface area (Å²) >= 11 is 12.7. The normalized spacial score (nSPS) is 12.2. The summed E-state index contributed by atoms with van der Waals surface area (Å²) in [7, 11) is -3.79. The molecule has 1 N–H and O–H groups in total. The summed E-state index contributed by atoms with van der Waals surface area (Å²) in [5.41, 5.74) is 1.81. The Bertz CT molecular complexity index is 1100. The summed E-state index contributed by atoms with van der Waals surface area (Å²) in [6.07, 6.45) is 3.09. The topological polar surface area (TPSA) is 86.8 Å². The van der Waals surface area contributed by atoms with Gasteiger partial charge in [-0.1, -0.05) is 67.2 Å². The highest BCUT2D eigenvalue weighted by atomic mass is 35.5. The molecule has 7 nitrogen and oxygen atoms in total. The van der Waals surface area contributed by atoms with Gasteiger partial charge in [-0.15, -0.1) is 0 Å². The Morgan fingerprint density at radius 3 is 2.14 bits per heavy atom. The van der Waals surface area contributed by atoms with Crippen LogP contribution in [0.1, 0.15) is 44.2 Å². The second kappa shape index (κ2) is 13.1. The van der Waals surface area contributed by atoms with Gasteiger partial charge in [0.25, 0.3) is 0 Å². The highest BCUT2D eigenvalue weighted by Gasteiger charge is 2.32. The van der Waals surface area contributed by atoms with Crippen LogP contribution in [0.15, 0.2) is 42.5 Å². The van der Waals surface area contributed by atoms with E-state index in [1.54, 1.807) is 49.4 Å². The van der Waals surface area contributed by atoms with Crippen molar-refractivity contribution >= 4 is 50.7 Å². The molecule has 2 aromatic carbocycles. The number of nitrogens with one attached hydrogen (secondary N) is 1. The number of hydrogen-bond acceptors (Lipinski definition) is 4. The molecule has 0 heterocycles. The summed E-state index contributed by atoms with van der Waals surface area (Å²) in [4.78, 5) is 28.1. The van der Waals surface area contributed by atoms with Crippen LogP contribution in [0.4, 0.5) is 5.69 Å². The fourth-order valence-electron chi connectivity index (χ4n) is 3.60. The maximum atomic E-state index is 13.7. The number of anilines is 1. The molecule has 0 saturated carbocycles. The van der Waals surface area contributed by atoms with E-state index in [0.717, 1.165) is 29.0 Å². The van der Waals surface area contributed by atoms with E-state index in [2.05, 4.69) is 5.32 Å². The zero-order valence-electron chi connectivity index (χ0n) is 20.6. The summed E-state index contributed by atoms with van der Waals surface area (Å²) < 4.78 is 26.3. The smallest absolute Gasteiger partial charge is 0.244 e. The van der Waals surface area contributed by atoms with E-state index < -0.39 is 28.5 Å². The lowest BCUT2D eigenvalue weighted by atomic mass is 10.1. The van der Waals surface area contributed by atoms with E-state index in [-0.39, 0.29) is 12.5 Å². The first-order valence-electron chi connectivity index (χ1n) is 11.5. The third kappa shape index (κ3) is 8.12. The van der Waals surface area contributed by atoms with E-state index in [1.807, 2.05) is 13.8 Å². The Labute approximate surface area is 218 Å². The molecule has 2 amide bonds. The molecule has 0 aliphatic heterocycles. The maximum absolute atomic E-state index is 13.7. The first kappa shape index (κ1) is 28.9. The first-order chi connectivity index (χ1) is 16.5. The highest BCUT2D eigenvalue weighted by molar-refractivity contribution is 7.92. The van der Waals surface area contributed by atoms with Gasteiger partial charge >= 0.3 is 0 Å². The third-order valence-electron chi connectivity index (χ3n) is 5.61. The molecule has 2 aromatic rings. The van der Waals surface area contributed by atoms with E-state index >= 15 is 0 Å². The van der Waals surface area contributed by atoms with Crippen molar-refractivity contribution in [1.29, 1.82) is 0 Å². The van der Waals surface area contributed by atoms with Crippen LogP contribution in [0.2, 0.25) is 10.0 Å². The fourth-order valence-corrected chi connectivity index (χ4v) is 4.97. The molecule has 0 aromatic heterocycles. The molecule has 0 aliphatic carbocycles. The summed E-state index contributed by atoms with van der Waals surface area (Å²) in [5.74, 6) is -0.844. The number of aryl methyl sites for hydroxylation is 1. The molecule has 10 heteroatoms. The minimum absolute atomic E-state index is 0.0391. The van der Waals surface area contributed by atoms with Gasteiger partial charge < -0.3 is 10.2 Å². The number of unbranched alkanes of at least 4 members (excludes halogenated alkanes) is 1. The first-order valence-corrected chi connectivity index (χ1v) is 14.1. The second-order valence-electron chi connectivity index (χ2n) is 8.40. The van der Waals surface area contributed by atoms with Crippen molar-refractivity contribution in [2.75, 3.05) is 23.7 Å². The van der Waals surface area contributed by atoms with Crippen LogP contribution in [0.3, 0.4) is 0 Å². The number of sulfonamides is 1. The van der Waals surface area contributed by atoms with Crippen LogP contribution < -0.4 is 9.62 Å². The van der Waals surface area contributed by atoms with Crippen molar-refractivity contribution in [3.8, 4) is 0 Å². The number of halogens is 2. The van der Waals surface area contributed by atoms with Crippen molar-refractivity contribution in [3.63, 3.8) is 0 Å². The lowest BCUT2D eigenvalue weighted by molar-refractivity contribution is -0.140. The molecule has 1 atom stereocenters. The Kier molecular flexibility index (Phi) is 10.9. The zero-order valence-corrected chi connectivity index (χ0v) is 22.9. The Hall–Kier alpha value is -2.29. The molecule has 2 rings (SSSR count). The third-order valence-corrected chi connectivity index (χ3v) is 7.46. The molecular formula is C25H33Cl2N3O4S. The molecule has 0 bridgehead atoms. The Morgan fingerprint density at radius 1 is 1.03 bits per heavy atom. The largest absolute Gasteiger partial charge is 0.354 e. The lowest BCUT2D eigenvalue weighted by Gasteiger charge is -2.33. The quantitative estimate of drug-likeness (QED) is 0.391. The van der Waals surface area contributed by atoms with Crippen LogP contribution in [-0.2, 0) is 26.2 Å². The van der Waals surface area contributed by atoms with Gasteiger partial charge in [0.05, 0.1) is 11.9 Å². The van der Waals surface area contributed by atoms with Crippen molar-refractivity contribution in [3.05, 3.63) is 63.6 Å². The van der Waals surface area contributed by atoms with Crippen LogP contribution in [0, 0.1) is 6.92 Å². The fraction of sp³-hybridized carbons (Fsp3) is 0.440. The van der Waals surface area contributed by atoms with E-state index in [0.29, 0.717) is 34.3 Å². The van der Waals surface area contributed by atoms with Gasteiger partial charge in [0.15, 0.2) is 0 Å². The highest BCUT2D eigenvalue weighted by Crippen LogP contribution is 2.27. The van der Waals surface area contributed by atoms with Gasteiger partial charge in [-0.05, 0) is 44.0 Å². The lowest BCUT2D eigenvalue weighted by Crippen LogP contribution is -2.52. The SMILES string of the molecule is CCCCNC(=O)[C@@H](CC)N(Cc1c(Cl)cccc1Cl)C(=O)CN(c1ccc(C)cc1)S(C)(=O)=O. The van der Waals surface area contributed by atoms with Crippen molar-refractivity contribution in [2.24, 2.45) is 0 Å².